The number of aliphatic hydroxyl groups excluding tert-OH is 4. The van der Waals surface area contributed by atoms with E-state index in [0.29, 0.717) is 43.5 Å². The minimum atomic E-state index is -0.975. The standard InChI is InChI=1S/C36H54N2O7/c1-3-4-11-34-28(22-40)18-29(45-34)14-12-25-13-15-32(42)35(17-25)44-23-33(43)31-19-27(21-38-31)36(26-8-5-6-9-26)30(10-7-16-39)37-20-24(2)41/h13,15,17-19,21,24,26,30,33-34,36-37,39-43H,3-12,14,16,20,22-23H2,1-2H3/t24-,30-,33-,34?,36-/m0/s1. The lowest BCUT2D eigenvalue weighted by Crippen LogP contribution is -2.43. The molecule has 1 saturated carbocycles. The van der Waals surface area contributed by atoms with Gasteiger partial charge in [-0.3, -0.25) is 0 Å². The zero-order valence-corrected chi connectivity index (χ0v) is 27.0. The highest BCUT2D eigenvalue weighted by atomic mass is 16.5. The zero-order chi connectivity index (χ0) is 32.2. The van der Waals surface area contributed by atoms with Gasteiger partial charge in [-0.2, -0.15) is 11.6 Å². The molecule has 0 spiro atoms. The van der Waals surface area contributed by atoms with E-state index in [1.54, 1.807) is 19.1 Å². The van der Waals surface area contributed by atoms with Gasteiger partial charge in [0, 0.05) is 31.9 Å². The largest absolute Gasteiger partial charge is 0.504 e. The monoisotopic (exact) mass is 626 g/mol. The number of phenols is 1. The van der Waals surface area contributed by atoms with Gasteiger partial charge in [0.25, 0.3) is 0 Å². The molecule has 0 saturated heterocycles. The Bertz CT molecular complexity index is 1130. The van der Waals surface area contributed by atoms with Crippen LogP contribution in [0.5, 0.6) is 11.5 Å². The van der Waals surface area contributed by atoms with Gasteiger partial charge in [-0.1, -0.05) is 51.2 Å². The molecule has 0 amide bonds. The molecule has 0 radical (unpaired) electrons. The van der Waals surface area contributed by atoms with Crippen LogP contribution in [0.4, 0.5) is 0 Å². The van der Waals surface area contributed by atoms with Crippen LogP contribution in [0.15, 0.2) is 46.5 Å². The summed E-state index contributed by atoms with van der Waals surface area (Å²) >= 11 is 0. The number of aromatic hydroxyl groups is 1. The molecule has 3 aliphatic rings. The van der Waals surface area contributed by atoms with E-state index in [1.165, 1.54) is 12.8 Å². The summed E-state index contributed by atoms with van der Waals surface area (Å²) in [4.78, 5) is 4.57. The van der Waals surface area contributed by atoms with E-state index in [4.69, 9.17) is 9.47 Å². The number of nitrogens with one attached hydrogen (secondary N) is 1. The molecule has 1 aromatic carbocycles. The number of hydrogen-bond donors (Lipinski definition) is 6. The predicted molar refractivity (Wildman–Crippen MR) is 176 cm³/mol. The average molecular weight is 627 g/mol. The molecular formula is C36H54N2O7. The normalized spacial score (nSPS) is 21.2. The molecule has 4 rings (SSSR count). The number of phenolic OH excluding ortho intramolecular Hbond substituents is 1. The number of rotatable bonds is 20. The smallest absolute Gasteiger partial charge is 0.181 e. The van der Waals surface area contributed by atoms with Gasteiger partial charge in [0.05, 0.1) is 18.1 Å². The molecule has 1 aliphatic carbocycles. The third kappa shape index (κ3) is 10.2. The van der Waals surface area contributed by atoms with Crippen LogP contribution in [0.2, 0.25) is 0 Å². The molecule has 1 fully saturated rings. The molecule has 9 nitrogen and oxygen atoms in total. The van der Waals surface area contributed by atoms with E-state index < -0.39 is 12.2 Å². The van der Waals surface area contributed by atoms with E-state index >= 15 is 0 Å². The Labute approximate surface area is 269 Å². The van der Waals surface area contributed by atoms with E-state index in [2.05, 4.69) is 17.2 Å². The zero-order valence-electron chi connectivity index (χ0n) is 27.0. The highest BCUT2D eigenvalue weighted by Gasteiger charge is 2.41. The third-order valence-corrected chi connectivity index (χ3v) is 9.23. The molecule has 45 heavy (non-hydrogen) atoms. The van der Waals surface area contributed by atoms with Crippen molar-refractivity contribution in [3.05, 3.63) is 59.2 Å². The first kappa shape index (κ1) is 35.3. The lowest BCUT2D eigenvalue weighted by molar-refractivity contribution is 0.103. The van der Waals surface area contributed by atoms with E-state index in [9.17, 15) is 25.5 Å². The first-order chi connectivity index (χ1) is 21.8. The maximum atomic E-state index is 11.0. The molecule has 250 valence electrons. The SMILES string of the molecule is CCCCC1O[C-](CCc2ccc(O)c(OC[C@H](O)[C+]3C=C([C@H](C4CCCC4)[C@H](CCCO)NC[C@H](C)O)C=N3)c2)C=C1CO. The highest BCUT2D eigenvalue weighted by molar-refractivity contribution is 5.84. The molecule has 9 heteroatoms. The quantitative estimate of drug-likeness (QED) is 0.116. The Kier molecular flexibility index (Phi) is 14.1. The Morgan fingerprint density at radius 1 is 1.18 bits per heavy atom. The number of unbranched alkanes of at least 4 members (excludes halogenated alkanes) is 1. The summed E-state index contributed by atoms with van der Waals surface area (Å²) < 4.78 is 12.0. The fourth-order valence-corrected chi connectivity index (χ4v) is 6.81. The second-order valence-corrected chi connectivity index (χ2v) is 12.8. The molecule has 2 aliphatic heterocycles. The number of aliphatic imine (C=N–C) groups is 1. The van der Waals surface area contributed by atoms with Gasteiger partial charge >= 0.3 is 0 Å². The Balaban J connectivity index is 1.35. The molecular weight excluding hydrogens is 572 g/mol. The summed E-state index contributed by atoms with van der Waals surface area (Å²) in [7, 11) is 0. The maximum absolute atomic E-state index is 11.0. The molecule has 1 unspecified atom stereocenters. The average Bonchev–Trinajstić information content (AvgIpc) is 3.82. The molecule has 0 aromatic heterocycles. The Hall–Kier alpha value is -2.53. The predicted octanol–water partition coefficient (Wildman–Crippen LogP) is 4.56. The summed E-state index contributed by atoms with van der Waals surface area (Å²) in [6.45, 7) is 4.45. The summed E-state index contributed by atoms with van der Waals surface area (Å²) in [6, 6.07) is 5.86. The Morgan fingerprint density at radius 2 is 1.98 bits per heavy atom. The number of ether oxygens (including phenoxy) is 2. The minimum Gasteiger partial charge on any atom is -0.504 e. The van der Waals surface area contributed by atoms with Gasteiger partial charge in [0.1, 0.15) is 12.2 Å². The van der Waals surface area contributed by atoms with Crippen molar-refractivity contribution in [3.63, 3.8) is 0 Å². The minimum absolute atomic E-state index is 0.00253. The van der Waals surface area contributed by atoms with Crippen LogP contribution >= 0.6 is 0 Å². The molecule has 1 aromatic rings. The van der Waals surface area contributed by atoms with Gasteiger partial charge in [0.15, 0.2) is 29.9 Å². The van der Waals surface area contributed by atoms with E-state index in [0.717, 1.165) is 61.3 Å². The Morgan fingerprint density at radius 3 is 2.69 bits per heavy atom. The summed E-state index contributed by atoms with van der Waals surface area (Å²) in [5, 5.41) is 54.2. The van der Waals surface area contributed by atoms with Gasteiger partial charge < -0.3 is 40.3 Å². The number of nitrogens with zero attached hydrogens (tertiary/aromatic N) is 1. The first-order valence-corrected chi connectivity index (χ1v) is 16.9. The van der Waals surface area contributed by atoms with Crippen LogP contribution in [-0.2, 0) is 11.2 Å². The number of aryl methyl sites for hydroxylation is 1. The van der Waals surface area contributed by atoms with Crippen LogP contribution in [0, 0.1) is 24.0 Å². The van der Waals surface area contributed by atoms with Crippen LogP contribution in [-0.4, -0.2) is 82.5 Å². The summed E-state index contributed by atoms with van der Waals surface area (Å²) in [6.07, 6.45) is 15.6. The molecule has 6 N–H and O–H groups in total. The van der Waals surface area contributed by atoms with E-state index in [1.807, 2.05) is 24.4 Å². The van der Waals surface area contributed by atoms with Crippen LogP contribution in [0.25, 0.3) is 0 Å². The second kappa shape index (κ2) is 18.0. The maximum Gasteiger partial charge on any atom is 0.181 e. The van der Waals surface area contributed by atoms with Crippen LogP contribution < -0.4 is 10.1 Å². The van der Waals surface area contributed by atoms with Crippen molar-refractivity contribution in [2.24, 2.45) is 16.8 Å². The fourth-order valence-electron chi connectivity index (χ4n) is 6.81. The van der Waals surface area contributed by atoms with Gasteiger partial charge in [0.2, 0.25) is 0 Å². The number of aliphatic hydroxyl groups is 4. The van der Waals surface area contributed by atoms with Crippen LogP contribution in [0.3, 0.4) is 0 Å². The summed E-state index contributed by atoms with van der Waals surface area (Å²) in [5.74, 6) is 0.949. The lowest BCUT2D eigenvalue weighted by Gasteiger charge is -2.30. The van der Waals surface area contributed by atoms with Crippen molar-refractivity contribution in [3.8, 4) is 11.5 Å². The lowest BCUT2D eigenvalue weighted by atomic mass is 9.77. The summed E-state index contributed by atoms with van der Waals surface area (Å²) in [5.41, 5.74) is 2.96. The fraction of sp³-hybridized carbons (Fsp3) is 0.639. The van der Waals surface area contributed by atoms with Crippen molar-refractivity contribution >= 4 is 6.21 Å². The van der Waals surface area contributed by atoms with Gasteiger partial charge in [-0.25, -0.2) is 0 Å². The number of benzene rings is 1. The van der Waals surface area contributed by atoms with Crippen molar-refractivity contribution in [1.29, 1.82) is 0 Å². The first-order valence-electron chi connectivity index (χ1n) is 16.9. The molecule has 0 bridgehead atoms. The number of hydrogen-bond acceptors (Lipinski definition) is 9. The van der Waals surface area contributed by atoms with Gasteiger partial charge in [-0.05, 0) is 69.1 Å². The topological polar surface area (TPSA) is 144 Å². The van der Waals surface area contributed by atoms with Crippen LogP contribution in [0.1, 0.15) is 83.6 Å². The van der Waals surface area contributed by atoms with Gasteiger partial charge in [-0.15, -0.1) is 4.99 Å². The highest BCUT2D eigenvalue weighted by Crippen LogP contribution is 2.40. The van der Waals surface area contributed by atoms with E-state index in [-0.39, 0.29) is 43.6 Å². The van der Waals surface area contributed by atoms with Crippen molar-refractivity contribution in [1.82, 2.24) is 5.32 Å². The van der Waals surface area contributed by atoms with Crippen molar-refractivity contribution in [2.45, 2.75) is 109 Å². The van der Waals surface area contributed by atoms with Crippen molar-refractivity contribution < 1.29 is 35.0 Å². The third-order valence-electron chi connectivity index (χ3n) is 9.23. The second-order valence-electron chi connectivity index (χ2n) is 12.8. The van der Waals surface area contributed by atoms with Crippen molar-refractivity contribution in [2.75, 3.05) is 26.4 Å². The molecule has 5 atom stereocenters. The molecule has 2 heterocycles.